The fourth-order valence-electron chi connectivity index (χ4n) is 2.56. The lowest BCUT2D eigenvalue weighted by Crippen LogP contribution is -2.46. The van der Waals surface area contributed by atoms with Crippen LogP contribution in [0.1, 0.15) is 30.3 Å². The molecule has 1 unspecified atom stereocenters. The Morgan fingerprint density at radius 1 is 1.59 bits per heavy atom. The predicted octanol–water partition coefficient (Wildman–Crippen LogP) is 1.96. The number of rotatable bonds is 5. The number of ether oxygens (including phenoxy) is 1. The van der Waals surface area contributed by atoms with Gasteiger partial charge in [-0.15, -0.1) is 0 Å². The number of alkyl halides is 2. The standard InChI is InChI=1S/C15H20F2N2O3/c1-15(10-20)4-2-6-19(9-15)14(21)12-7-11(3-5-18-12)22-8-13(16)17/h3,5,7,13,20H,2,4,6,8-10H2,1H3. The Kier molecular flexibility index (Phi) is 5.28. The number of piperidine rings is 1. The molecule has 1 aliphatic rings. The summed E-state index contributed by atoms with van der Waals surface area (Å²) < 4.78 is 29.2. The van der Waals surface area contributed by atoms with Gasteiger partial charge in [-0.2, -0.15) is 0 Å². The molecule has 0 spiro atoms. The van der Waals surface area contributed by atoms with Crippen LogP contribution in [0.5, 0.6) is 5.75 Å². The minimum Gasteiger partial charge on any atom is -0.488 e. The van der Waals surface area contributed by atoms with Crippen LogP contribution in [0.25, 0.3) is 0 Å². The van der Waals surface area contributed by atoms with Crippen LogP contribution in [-0.2, 0) is 0 Å². The summed E-state index contributed by atoms with van der Waals surface area (Å²) in [6, 6.07) is 2.81. The average Bonchev–Trinajstić information content (AvgIpc) is 2.52. The van der Waals surface area contributed by atoms with E-state index in [1.807, 2.05) is 6.92 Å². The van der Waals surface area contributed by atoms with Crippen LogP contribution < -0.4 is 4.74 Å². The molecule has 0 aliphatic carbocycles. The van der Waals surface area contributed by atoms with Crippen LogP contribution in [0.15, 0.2) is 18.3 Å². The number of aliphatic hydroxyl groups excluding tert-OH is 1. The molecule has 1 aliphatic heterocycles. The Balaban J connectivity index is 2.07. The third kappa shape index (κ3) is 4.13. The summed E-state index contributed by atoms with van der Waals surface area (Å²) in [5.74, 6) is -0.0811. The second kappa shape index (κ2) is 7.00. The lowest BCUT2D eigenvalue weighted by molar-refractivity contribution is 0.0353. The minimum atomic E-state index is -2.57. The highest BCUT2D eigenvalue weighted by atomic mass is 19.3. The third-order valence-electron chi connectivity index (χ3n) is 3.78. The van der Waals surface area contributed by atoms with Crippen LogP contribution >= 0.6 is 0 Å². The normalized spacial score (nSPS) is 22.0. The predicted molar refractivity (Wildman–Crippen MR) is 76.1 cm³/mol. The number of hydrogen-bond acceptors (Lipinski definition) is 4. The zero-order valence-electron chi connectivity index (χ0n) is 12.5. The zero-order valence-corrected chi connectivity index (χ0v) is 12.5. The fraction of sp³-hybridized carbons (Fsp3) is 0.600. The van der Waals surface area contributed by atoms with Gasteiger partial charge in [-0.3, -0.25) is 9.78 Å². The van der Waals surface area contributed by atoms with Gasteiger partial charge in [0.05, 0.1) is 6.61 Å². The van der Waals surface area contributed by atoms with Gasteiger partial charge in [0.2, 0.25) is 0 Å². The Morgan fingerprint density at radius 2 is 2.36 bits per heavy atom. The lowest BCUT2D eigenvalue weighted by Gasteiger charge is -2.39. The monoisotopic (exact) mass is 314 g/mol. The number of hydrogen-bond donors (Lipinski definition) is 1. The number of carbonyl (C=O) groups excluding carboxylic acids is 1. The van der Waals surface area contributed by atoms with Crippen LogP contribution in [0.2, 0.25) is 0 Å². The summed E-state index contributed by atoms with van der Waals surface area (Å²) in [6.45, 7) is 2.28. The van der Waals surface area contributed by atoms with E-state index in [1.165, 1.54) is 18.3 Å². The SMILES string of the molecule is CC1(CO)CCCN(C(=O)c2cc(OCC(F)F)ccn2)C1. The molecule has 1 fully saturated rings. The minimum absolute atomic E-state index is 0.0156. The fourth-order valence-corrected chi connectivity index (χ4v) is 2.56. The van der Waals surface area contributed by atoms with Crippen molar-refractivity contribution in [2.24, 2.45) is 5.41 Å². The molecule has 0 aromatic carbocycles. The van der Waals surface area contributed by atoms with Gasteiger partial charge in [-0.05, 0) is 18.9 Å². The zero-order chi connectivity index (χ0) is 16.2. The molecule has 1 aromatic heterocycles. The molecule has 1 atom stereocenters. The summed E-state index contributed by atoms with van der Waals surface area (Å²) in [7, 11) is 0. The molecule has 2 heterocycles. The highest BCUT2D eigenvalue weighted by Crippen LogP contribution is 2.29. The maximum Gasteiger partial charge on any atom is 0.272 e. The van der Waals surface area contributed by atoms with E-state index in [4.69, 9.17) is 4.74 Å². The number of amides is 1. The molecule has 0 saturated carbocycles. The van der Waals surface area contributed by atoms with Crippen molar-refractivity contribution in [1.29, 1.82) is 0 Å². The lowest BCUT2D eigenvalue weighted by atomic mass is 9.82. The number of pyridine rings is 1. The summed E-state index contributed by atoms with van der Waals surface area (Å²) >= 11 is 0. The summed E-state index contributed by atoms with van der Waals surface area (Å²) in [5, 5.41) is 9.44. The first-order chi connectivity index (χ1) is 10.4. The largest absolute Gasteiger partial charge is 0.488 e. The van der Waals surface area contributed by atoms with E-state index in [0.29, 0.717) is 13.1 Å². The molecule has 22 heavy (non-hydrogen) atoms. The van der Waals surface area contributed by atoms with Gasteiger partial charge in [0.1, 0.15) is 18.1 Å². The smallest absolute Gasteiger partial charge is 0.272 e. The molecular weight excluding hydrogens is 294 g/mol. The van der Waals surface area contributed by atoms with Gasteiger partial charge in [0.15, 0.2) is 0 Å². The van der Waals surface area contributed by atoms with Crippen molar-refractivity contribution in [2.75, 3.05) is 26.3 Å². The first-order valence-corrected chi connectivity index (χ1v) is 7.21. The van der Waals surface area contributed by atoms with Gasteiger partial charge in [0.25, 0.3) is 12.3 Å². The molecule has 1 aromatic rings. The van der Waals surface area contributed by atoms with E-state index >= 15 is 0 Å². The molecule has 1 saturated heterocycles. The maximum atomic E-state index is 12.5. The highest BCUT2D eigenvalue weighted by molar-refractivity contribution is 5.92. The third-order valence-corrected chi connectivity index (χ3v) is 3.78. The van der Waals surface area contributed by atoms with Gasteiger partial charge in [0, 0.05) is 30.8 Å². The number of aromatic nitrogens is 1. The molecule has 0 radical (unpaired) electrons. The van der Waals surface area contributed by atoms with Gasteiger partial charge < -0.3 is 14.7 Å². The number of halogens is 2. The molecule has 122 valence electrons. The number of carbonyl (C=O) groups is 1. The van der Waals surface area contributed by atoms with Gasteiger partial charge in [-0.1, -0.05) is 6.92 Å². The maximum absolute atomic E-state index is 12.5. The summed E-state index contributed by atoms with van der Waals surface area (Å²) in [6.07, 6.45) is 0.464. The van der Waals surface area contributed by atoms with Crippen molar-refractivity contribution in [3.8, 4) is 5.75 Å². The van der Waals surface area contributed by atoms with Crippen LogP contribution in [0.3, 0.4) is 0 Å². The first kappa shape index (κ1) is 16.6. The van der Waals surface area contributed by atoms with Gasteiger partial charge >= 0.3 is 0 Å². The molecule has 2 rings (SSSR count). The van der Waals surface area contributed by atoms with Crippen molar-refractivity contribution in [3.63, 3.8) is 0 Å². The van der Waals surface area contributed by atoms with Crippen LogP contribution in [-0.4, -0.2) is 53.6 Å². The summed E-state index contributed by atoms with van der Waals surface area (Å²) in [5.41, 5.74) is -0.147. The molecule has 0 bridgehead atoms. The summed E-state index contributed by atoms with van der Waals surface area (Å²) in [4.78, 5) is 18.1. The number of nitrogens with zero attached hydrogens (tertiary/aromatic N) is 2. The first-order valence-electron chi connectivity index (χ1n) is 7.21. The second-order valence-corrected chi connectivity index (χ2v) is 5.88. The topological polar surface area (TPSA) is 62.7 Å². The van der Waals surface area contributed by atoms with E-state index in [2.05, 4.69) is 4.98 Å². The number of likely N-dealkylation sites (tertiary alicyclic amines) is 1. The van der Waals surface area contributed by atoms with E-state index in [0.717, 1.165) is 12.8 Å². The Morgan fingerprint density at radius 3 is 3.05 bits per heavy atom. The van der Waals surface area contributed by atoms with E-state index < -0.39 is 13.0 Å². The quantitative estimate of drug-likeness (QED) is 0.902. The van der Waals surface area contributed by atoms with Crippen LogP contribution in [0.4, 0.5) is 8.78 Å². The molecular formula is C15H20F2N2O3. The van der Waals surface area contributed by atoms with Crippen LogP contribution in [0, 0.1) is 5.41 Å². The van der Waals surface area contributed by atoms with Crippen molar-refractivity contribution < 1.29 is 23.4 Å². The Bertz CT molecular complexity index is 527. The van der Waals surface area contributed by atoms with Crippen molar-refractivity contribution in [3.05, 3.63) is 24.0 Å². The molecule has 7 heteroatoms. The molecule has 5 nitrogen and oxygen atoms in total. The highest BCUT2D eigenvalue weighted by Gasteiger charge is 2.33. The van der Waals surface area contributed by atoms with E-state index in [1.54, 1.807) is 4.90 Å². The Hall–Kier alpha value is -1.76. The van der Waals surface area contributed by atoms with Crippen molar-refractivity contribution in [2.45, 2.75) is 26.2 Å². The van der Waals surface area contributed by atoms with Crippen molar-refractivity contribution >= 4 is 5.91 Å². The number of aliphatic hydroxyl groups is 1. The molecule has 1 N–H and O–H groups in total. The Labute approximate surface area is 127 Å². The van der Waals surface area contributed by atoms with E-state index in [9.17, 15) is 18.7 Å². The average molecular weight is 314 g/mol. The van der Waals surface area contributed by atoms with E-state index in [-0.39, 0.29) is 29.4 Å². The van der Waals surface area contributed by atoms with Gasteiger partial charge in [-0.25, -0.2) is 8.78 Å². The molecule has 1 amide bonds. The second-order valence-electron chi connectivity index (χ2n) is 5.88. The van der Waals surface area contributed by atoms with Crippen molar-refractivity contribution in [1.82, 2.24) is 9.88 Å².